The van der Waals surface area contributed by atoms with Crippen molar-refractivity contribution in [3.8, 4) is 0 Å². The number of benzene rings is 2. The van der Waals surface area contributed by atoms with Crippen LogP contribution in [0.5, 0.6) is 0 Å². The van der Waals surface area contributed by atoms with E-state index < -0.39 is 26.9 Å². The molecule has 0 saturated heterocycles. The van der Waals surface area contributed by atoms with Crippen LogP contribution in [-0.2, 0) is 20.2 Å². The van der Waals surface area contributed by atoms with E-state index in [0.29, 0.717) is 0 Å². The molecule has 2 aromatic carbocycles. The number of nitrogens with one attached hydrogen (secondary N) is 1. The second-order valence-corrected chi connectivity index (χ2v) is 10.6. The molecule has 8 heteroatoms. The molecule has 0 spiro atoms. The van der Waals surface area contributed by atoms with Gasteiger partial charge < -0.3 is 10.0 Å². The molecule has 1 aliphatic rings. The van der Waals surface area contributed by atoms with Gasteiger partial charge in [0.2, 0.25) is 0 Å². The van der Waals surface area contributed by atoms with Gasteiger partial charge in [-0.25, -0.2) is 8.42 Å². The quantitative estimate of drug-likeness (QED) is 0.578. The smallest absolute Gasteiger partial charge is 0.325 e. The molecule has 0 radical (unpaired) electrons. The molecule has 2 N–H and O–H groups in total. The minimum absolute atomic E-state index is 0.0863. The zero-order chi connectivity index (χ0) is 21.6. The van der Waals surface area contributed by atoms with Crippen molar-refractivity contribution < 1.29 is 18.3 Å². The second kappa shape index (κ2) is 7.23. The second-order valence-electron chi connectivity index (χ2n) is 7.68. The molecule has 6 nitrogen and oxygen atoms in total. The highest BCUT2D eigenvalue weighted by atomic mass is 32.2. The van der Waals surface area contributed by atoms with E-state index in [1.165, 1.54) is 6.07 Å². The molecule has 0 amide bonds. The Hall–Kier alpha value is -2.68. The predicted octanol–water partition coefficient (Wildman–Crippen LogP) is 3.98. The molecule has 0 bridgehead atoms. The topological polar surface area (TPSA) is 86.7 Å². The number of hydrogen-bond acceptors (Lipinski definition) is 5. The lowest BCUT2D eigenvalue weighted by Gasteiger charge is -2.20. The average Bonchev–Trinajstić information content (AvgIpc) is 3.11. The van der Waals surface area contributed by atoms with Crippen molar-refractivity contribution in [1.82, 2.24) is 4.72 Å². The van der Waals surface area contributed by atoms with E-state index in [0.717, 1.165) is 27.6 Å². The van der Waals surface area contributed by atoms with Crippen LogP contribution in [0.15, 0.2) is 77.0 Å². The lowest BCUT2D eigenvalue weighted by molar-refractivity contribution is -0.140. The first kappa shape index (κ1) is 20.6. The number of rotatable bonds is 7. The molecule has 1 saturated carbocycles. The van der Waals surface area contributed by atoms with Gasteiger partial charge in [-0.05, 0) is 36.2 Å². The van der Waals surface area contributed by atoms with Gasteiger partial charge in [0.15, 0.2) is 0 Å². The molecule has 0 unspecified atom stereocenters. The van der Waals surface area contributed by atoms with Crippen LogP contribution in [0.4, 0.5) is 10.7 Å². The summed E-state index contributed by atoms with van der Waals surface area (Å²) in [6.45, 7) is 1.78. The molecule has 1 aliphatic carbocycles. The number of anilines is 2. The minimum atomic E-state index is -4.01. The third kappa shape index (κ3) is 3.30. The summed E-state index contributed by atoms with van der Waals surface area (Å²) in [5.41, 5.74) is -0.653. The van der Waals surface area contributed by atoms with Crippen molar-refractivity contribution in [3.63, 3.8) is 0 Å². The highest BCUT2D eigenvalue weighted by molar-refractivity contribution is 7.91. The van der Waals surface area contributed by atoms with Gasteiger partial charge in [-0.2, -0.15) is 4.72 Å². The van der Waals surface area contributed by atoms with Crippen molar-refractivity contribution in [1.29, 1.82) is 0 Å². The van der Waals surface area contributed by atoms with Gasteiger partial charge in [-0.15, -0.1) is 11.3 Å². The van der Waals surface area contributed by atoms with Gasteiger partial charge in [0.1, 0.15) is 9.75 Å². The predicted molar refractivity (Wildman–Crippen MR) is 118 cm³/mol. The molecule has 1 fully saturated rings. The highest BCUT2D eigenvalue weighted by Crippen LogP contribution is 2.58. The summed E-state index contributed by atoms with van der Waals surface area (Å²) >= 11 is 1.10. The number of carboxylic acid groups (broad SMARTS) is 1. The van der Waals surface area contributed by atoms with E-state index >= 15 is 0 Å². The third-order valence-corrected chi connectivity index (χ3v) is 8.97. The summed E-state index contributed by atoms with van der Waals surface area (Å²) < 4.78 is 28.8. The number of nitrogens with zero attached hydrogens (tertiary/aromatic N) is 1. The maximum Gasteiger partial charge on any atom is 0.325 e. The van der Waals surface area contributed by atoms with Crippen LogP contribution in [0.3, 0.4) is 0 Å². The van der Waals surface area contributed by atoms with Gasteiger partial charge in [0, 0.05) is 18.2 Å². The SMILES string of the molecule is CN(c1ccccc1)c1ccc(S(=O)(=O)N[C@@]2(C(=O)O)C[C@]2(C)c2ccccc2)s1. The summed E-state index contributed by atoms with van der Waals surface area (Å²) in [6.07, 6.45) is 0.195. The Morgan fingerprint density at radius 2 is 1.63 bits per heavy atom. The molecular weight excluding hydrogens is 420 g/mol. The van der Waals surface area contributed by atoms with Gasteiger partial charge in [0.25, 0.3) is 10.0 Å². The van der Waals surface area contributed by atoms with Crippen LogP contribution in [0, 0.1) is 0 Å². The zero-order valence-electron chi connectivity index (χ0n) is 16.6. The normalized spacial score (nSPS) is 23.1. The third-order valence-electron chi connectivity index (χ3n) is 5.83. The van der Waals surface area contributed by atoms with E-state index in [-0.39, 0.29) is 10.6 Å². The van der Waals surface area contributed by atoms with Crippen LogP contribution >= 0.6 is 11.3 Å². The number of aliphatic carboxylic acids is 1. The Labute approximate surface area is 179 Å². The van der Waals surface area contributed by atoms with Crippen molar-refractivity contribution >= 4 is 38.0 Å². The van der Waals surface area contributed by atoms with Gasteiger partial charge >= 0.3 is 5.97 Å². The number of para-hydroxylation sites is 1. The number of thiophene rings is 1. The van der Waals surface area contributed by atoms with Crippen molar-refractivity contribution in [2.45, 2.75) is 28.5 Å². The van der Waals surface area contributed by atoms with Crippen LogP contribution in [0.2, 0.25) is 0 Å². The molecule has 1 aromatic heterocycles. The first-order valence-electron chi connectivity index (χ1n) is 9.41. The molecule has 4 rings (SSSR count). The standard InChI is InChI=1S/C22H22N2O4S2/c1-21(16-9-5-3-6-10-16)15-22(21,20(25)26)23-30(27,28)19-14-13-18(29-19)24(2)17-11-7-4-8-12-17/h3-14,23H,15H2,1-2H3,(H,25,26)/t21-,22-/m1/s1. The van der Waals surface area contributed by atoms with Crippen LogP contribution in [0.1, 0.15) is 18.9 Å². The first-order chi connectivity index (χ1) is 14.2. The van der Waals surface area contributed by atoms with Crippen molar-refractivity contribution in [2.75, 3.05) is 11.9 Å². The van der Waals surface area contributed by atoms with Crippen LogP contribution < -0.4 is 9.62 Å². The number of carboxylic acids is 1. The largest absolute Gasteiger partial charge is 0.480 e. The maximum absolute atomic E-state index is 13.1. The van der Waals surface area contributed by atoms with Crippen molar-refractivity contribution in [3.05, 3.63) is 78.4 Å². The van der Waals surface area contributed by atoms with E-state index in [1.54, 1.807) is 13.0 Å². The average molecular weight is 443 g/mol. The van der Waals surface area contributed by atoms with Gasteiger partial charge in [-0.1, -0.05) is 55.5 Å². The first-order valence-corrected chi connectivity index (χ1v) is 11.7. The molecular formula is C22H22N2O4S2. The number of carbonyl (C=O) groups is 1. The van der Waals surface area contributed by atoms with E-state index in [1.807, 2.05) is 72.6 Å². The summed E-state index contributed by atoms with van der Waals surface area (Å²) in [5, 5.41) is 10.7. The Bertz CT molecular complexity index is 1180. The number of hydrogen-bond donors (Lipinski definition) is 2. The van der Waals surface area contributed by atoms with Gasteiger partial charge in [0.05, 0.1) is 5.00 Å². The lowest BCUT2D eigenvalue weighted by atomic mass is 9.93. The summed E-state index contributed by atoms with van der Waals surface area (Å²) in [7, 11) is -2.16. The minimum Gasteiger partial charge on any atom is -0.480 e. The van der Waals surface area contributed by atoms with E-state index in [4.69, 9.17) is 0 Å². The Morgan fingerprint density at radius 1 is 1.03 bits per heavy atom. The molecule has 2 atom stereocenters. The Balaban J connectivity index is 1.62. The molecule has 3 aromatic rings. The maximum atomic E-state index is 13.1. The highest BCUT2D eigenvalue weighted by Gasteiger charge is 2.72. The lowest BCUT2D eigenvalue weighted by Crippen LogP contribution is -2.47. The Morgan fingerprint density at radius 3 is 2.23 bits per heavy atom. The monoisotopic (exact) mass is 442 g/mol. The molecule has 1 heterocycles. The summed E-state index contributed by atoms with van der Waals surface area (Å²) in [5.74, 6) is -1.17. The van der Waals surface area contributed by atoms with Crippen molar-refractivity contribution in [2.24, 2.45) is 0 Å². The zero-order valence-corrected chi connectivity index (χ0v) is 18.2. The number of sulfonamides is 1. The van der Waals surface area contributed by atoms with Crippen LogP contribution in [0.25, 0.3) is 0 Å². The van der Waals surface area contributed by atoms with Crippen LogP contribution in [-0.4, -0.2) is 32.1 Å². The molecule has 0 aliphatic heterocycles. The summed E-state index contributed by atoms with van der Waals surface area (Å²) in [6, 6.07) is 22.0. The fourth-order valence-electron chi connectivity index (χ4n) is 3.84. The molecule has 30 heavy (non-hydrogen) atoms. The summed E-state index contributed by atoms with van der Waals surface area (Å²) in [4.78, 5) is 14.0. The molecule has 156 valence electrons. The van der Waals surface area contributed by atoms with Gasteiger partial charge in [-0.3, -0.25) is 4.79 Å². The van der Waals surface area contributed by atoms with E-state index in [2.05, 4.69) is 4.72 Å². The van der Waals surface area contributed by atoms with E-state index in [9.17, 15) is 18.3 Å². The fraction of sp³-hybridized carbons (Fsp3) is 0.227. The Kier molecular flexibility index (Phi) is 4.96. The fourth-order valence-corrected chi connectivity index (χ4v) is 6.57.